The molecule has 0 aliphatic carbocycles. The number of hydrogen-bond acceptors (Lipinski definition) is 7. The topological polar surface area (TPSA) is 100 Å². The Morgan fingerprint density at radius 2 is 1.94 bits per heavy atom. The predicted molar refractivity (Wildman–Crippen MR) is 114 cm³/mol. The molecule has 3 atom stereocenters. The number of nitrogens with one attached hydrogen (secondary N) is 1. The van der Waals surface area contributed by atoms with Gasteiger partial charge in [0.25, 0.3) is 0 Å². The number of aromatic nitrogens is 3. The summed E-state index contributed by atoms with van der Waals surface area (Å²) >= 11 is 0. The minimum Gasteiger partial charge on any atom is -0.391 e. The van der Waals surface area contributed by atoms with Crippen LogP contribution in [0.1, 0.15) is 12.6 Å². The molecule has 7 nitrogen and oxygen atoms in total. The number of aliphatic hydroxyl groups excluding tert-OH is 1. The number of piperidine rings is 1. The molecular weight excluding hydrogens is 402 g/mol. The van der Waals surface area contributed by atoms with Gasteiger partial charge in [0.2, 0.25) is 0 Å². The maximum Gasteiger partial charge on any atom is 0.165 e. The number of rotatable bonds is 5. The van der Waals surface area contributed by atoms with E-state index in [1.165, 1.54) is 24.4 Å². The predicted octanol–water partition coefficient (Wildman–Crippen LogP) is 2.57. The molecule has 0 radical (unpaired) electrons. The van der Waals surface area contributed by atoms with Crippen molar-refractivity contribution >= 4 is 11.4 Å². The lowest BCUT2D eigenvalue weighted by atomic mass is 9.92. The highest BCUT2D eigenvalue weighted by molar-refractivity contribution is 5.69. The summed E-state index contributed by atoms with van der Waals surface area (Å²) < 4.78 is 28.2. The number of nitrogens with zero attached hydrogens (tertiary/aromatic N) is 4. The average Bonchev–Trinajstić information content (AvgIpc) is 2.76. The quantitative estimate of drug-likeness (QED) is 0.577. The smallest absolute Gasteiger partial charge is 0.165 e. The molecule has 3 aromatic rings. The van der Waals surface area contributed by atoms with Gasteiger partial charge in [0.15, 0.2) is 5.82 Å². The van der Waals surface area contributed by atoms with Gasteiger partial charge in [-0.1, -0.05) is 13.0 Å². The third kappa shape index (κ3) is 4.47. The maximum absolute atomic E-state index is 14.1. The van der Waals surface area contributed by atoms with Gasteiger partial charge in [0.1, 0.15) is 11.6 Å². The highest BCUT2D eigenvalue weighted by atomic mass is 19.1. The lowest BCUT2D eigenvalue weighted by molar-refractivity contribution is 0.0785. The van der Waals surface area contributed by atoms with Crippen LogP contribution in [0.5, 0.6) is 0 Å². The molecule has 3 heterocycles. The van der Waals surface area contributed by atoms with Gasteiger partial charge in [-0.05, 0) is 24.3 Å². The second-order valence-electron chi connectivity index (χ2n) is 7.75. The lowest BCUT2D eigenvalue weighted by Gasteiger charge is -2.40. The summed E-state index contributed by atoms with van der Waals surface area (Å²) in [6.07, 6.45) is 4.34. The van der Waals surface area contributed by atoms with E-state index in [4.69, 9.17) is 5.73 Å². The second-order valence-corrected chi connectivity index (χ2v) is 7.75. The molecule has 1 fully saturated rings. The molecule has 1 aliphatic rings. The Labute approximate surface area is 179 Å². The molecule has 3 unspecified atom stereocenters. The fraction of sp³-hybridized carbons (Fsp3) is 0.318. The minimum atomic E-state index is -0.711. The van der Waals surface area contributed by atoms with Crippen LogP contribution in [0.3, 0.4) is 0 Å². The highest BCUT2D eigenvalue weighted by Crippen LogP contribution is 2.29. The zero-order chi connectivity index (χ0) is 22.0. The van der Waals surface area contributed by atoms with E-state index in [-0.39, 0.29) is 23.3 Å². The van der Waals surface area contributed by atoms with Gasteiger partial charge in [-0.15, -0.1) is 0 Å². The number of anilines is 2. The van der Waals surface area contributed by atoms with E-state index in [0.29, 0.717) is 25.3 Å². The number of aliphatic hydroxyl groups is 1. The molecule has 0 saturated carbocycles. The van der Waals surface area contributed by atoms with Crippen molar-refractivity contribution in [3.8, 4) is 11.4 Å². The Balaban J connectivity index is 1.54. The normalized spacial score (nSPS) is 21.2. The van der Waals surface area contributed by atoms with Crippen molar-refractivity contribution < 1.29 is 13.9 Å². The summed E-state index contributed by atoms with van der Waals surface area (Å²) in [6.45, 7) is 3.46. The first-order chi connectivity index (χ1) is 14.9. The van der Waals surface area contributed by atoms with Crippen LogP contribution in [-0.2, 0) is 6.54 Å². The minimum absolute atomic E-state index is 0.00822. The standard InChI is InChI=1S/C22H24F2N6O/c1-13-11-30(12-17(25)21(13)31)19-6-7-26-10-18(19)28-9-14-5-8-27-22(29-14)20-15(23)3-2-4-16(20)24/h2-8,10,13,17,21,28,31H,9,11-12,25H2,1H3. The molecular formula is C22H24F2N6O. The molecule has 0 spiro atoms. The van der Waals surface area contributed by atoms with Gasteiger partial charge in [-0.25, -0.2) is 18.7 Å². The summed E-state index contributed by atoms with van der Waals surface area (Å²) in [5.74, 6) is -1.40. The molecule has 0 bridgehead atoms. The van der Waals surface area contributed by atoms with Crippen molar-refractivity contribution in [2.45, 2.75) is 25.6 Å². The second kappa shape index (κ2) is 8.91. The van der Waals surface area contributed by atoms with Crippen LogP contribution in [0, 0.1) is 17.6 Å². The molecule has 31 heavy (non-hydrogen) atoms. The SMILES string of the molecule is CC1CN(c2ccncc2NCc2ccnc(-c3c(F)cccc3F)n2)CC(N)C1O. The van der Waals surface area contributed by atoms with Crippen molar-refractivity contribution in [3.63, 3.8) is 0 Å². The Morgan fingerprint density at radius 3 is 2.68 bits per heavy atom. The van der Waals surface area contributed by atoms with Crippen LogP contribution in [0.15, 0.2) is 48.9 Å². The van der Waals surface area contributed by atoms with Crippen LogP contribution in [0.4, 0.5) is 20.2 Å². The van der Waals surface area contributed by atoms with Gasteiger partial charge in [-0.2, -0.15) is 0 Å². The number of pyridine rings is 1. The fourth-order valence-corrected chi connectivity index (χ4v) is 3.82. The molecule has 162 valence electrons. The van der Waals surface area contributed by atoms with Gasteiger partial charge >= 0.3 is 0 Å². The van der Waals surface area contributed by atoms with Crippen LogP contribution in [0.2, 0.25) is 0 Å². The summed E-state index contributed by atoms with van der Waals surface area (Å²) in [6, 6.07) is 6.88. The third-order valence-corrected chi connectivity index (χ3v) is 5.46. The Hall–Kier alpha value is -3.17. The zero-order valence-electron chi connectivity index (χ0n) is 17.0. The number of halogens is 2. The van der Waals surface area contributed by atoms with E-state index < -0.39 is 17.7 Å². The number of nitrogens with two attached hydrogens (primary N) is 1. The summed E-state index contributed by atoms with van der Waals surface area (Å²) in [7, 11) is 0. The lowest BCUT2D eigenvalue weighted by Crippen LogP contribution is -2.55. The number of benzene rings is 1. The molecule has 4 N–H and O–H groups in total. The van der Waals surface area contributed by atoms with Crippen LogP contribution >= 0.6 is 0 Å². The van der Waals surface area contributed by atoms with Crippen molar-refractivity contribution in [1.29, 1.82) is 0 Å². The summed E-state index contributed by atoms with van der Waals surface area (Å²) in [5.41, 5.74) is 8.11. The van der Waals surface area contributed by atoms with Crippen LogP contribution in [0.25, 0.3) is 11.4 Å². The monoisotopic (exact) mass is 426 g/mol. The molecule has 4 rings (SSSR count). The van der Waals surface area contributed by atoms with E-state index >= 15 is 0 Å². The first-order valence-electron chi connectivity index (χ1n) is 10.1. The van der Waals surface area contributed by atoms with Crippen molar-refractivity contribution in [2.75, 3.05) is 23.3 Å². The Bertz CT molecular complexity index is 1030. The maximum atomic E-state index is 14.1. The summed E-state index contributed by atoms with van der Waals surface area (Å²) in [4.78, 5) is 14.6. The van der Waals surface area contributed by atoms with Gasteiger partial charge in [0, 0.05) is 37.4 Å². The van der Waals surface area contributed by atoms with E-state index in [9.17, 15) is 13.9 Å². The molecule has 9 heteroatoms. The van der Waals surface area contributed by atoms with E-state index in [1.54, 1.807) is 18.5 Å². The van der Waals surface area contributed by atoms with E-state index in [2.05, 4.69) is 25.2 Å². The van der Waals surface area contributed by atoms with Gasteiger partial charge < -0.3 is 21.1 Å². The molecule has 2 aromatic heterocycles. The first-order valence-corrected chi connectivity index (χ1v) is 10.1. The largest absolute Gasteiger partial charge is 0.391 e. The number of hydrogen-bond donors (Lipinski definition) is 3. The zero-order valence-corrected chi connectivity index (χ0v) is 17.0. The Kier molecular flexibility index (Phi) is 6.06. The average molecular weight is 426 g/mol. The molecule has 0 amide bonds. The third-order valence-electron chi connectivity index (χ3n) is 5.46. The molecule has 1 aliphatic heterocycles. The van der Waals surface area contributed by atoms with Crippen molar-refractivity contribution in [2.24, 2.45) is 11.7 Å². The van der Waals surface area contributed by atoms with Gasteiger partial charge in [0.05, 0.1) is 41.5 Å². The van der Waals surface area contributed by atoms with Crippen molar-refractivity contribution in [1.82, 2.24) is 15.0 Å². The fourth-order valence-electron chi connectivity index (χ4n) is 3.82. The van der Waals surface area contributed by atoms with E-state index in [0.717, 1.165) is 11.4 Å². The van der Waals surface area contributed by atoms with Crippen LogP contribution < -0.4 is 16.0 Å². The summed E-state index contributed by atoms with van der Waals surface area (Å²) in [5, 5.41) is 13.4. The first kappa shape index (κ1) is 21.1. The van der Waals surface area contributed by atoms with Crippen molar-refractivity contribution in [3.05, 3.63) is 66.3 Å². The molecule has 1 aromatic carbocycles. The Morgan fingerprint density at radius 1 is 1.16 bits per heavy atom. The van der Waals surface area contributed by atoms with Crippen LogP contribution in [-0.4, -0.2) is 45.3 Å². The van der Waals surface area contributed by atoms with Gasteiger partial charge in [-0.3, -0.25) is 4.98 Å². The molecule has 1 saturated heterocycles. The van der Waals surface area contributed by atoms with E-state index in [1.807, 2.05) is 13.0 Å². The highest BCUT2D eigenvalue weighted by Gasteiger charge is 2.31.